The van der Waals surface area contributed by atoms with Gasteiger partial charge in [0.1, 0.15) is 11.8 Å². The molecule has 0 aliphatic heterocycles. The zero-order valence-corrected chi connectivity index (χ0v) is 12.4. The molecule has 2 rings (SSSR count). The van der Waals surface area contributed by atoms with E-state index in [0.29, 0.717) is 6.04 Å². The van der Waals surface area contributed by atoms with Crippen molar-refractivity contribution in [2.45, 2.75) is 45.6 Å². The largest absolute Gasteiger partial charge is 0.479 e. The Morgan fingerprint density at radius 2 is 2.05 bits per heavy atom. The molecule has 20 heavy (non-hydrogen) atoms. The predicted molar refractivity (Wildman–Crippen MR) is 81.8 cm³/mol. The summed E-state index contributed by atoms with van der Waals surface area (Å²) in [6, 6.07) is 10.5. The number of hydrogen-bond donors (Lipinski definition) is 1. The van der Waals surface area contributed by atoms with Crippen LogP contribution in [-0.4, -0.2) is 12.6 Å². The third-order valence-corrected chi connectivity index (χ3v) is 4.19. The van der Waals surface area contributed by atoms with Crippen LogP contribution in [0.5, 0.6) is 5.75 Å². The van der Waals surface area contributed by atoms with Crippen LogP contribution in [0.3, 0.4) is 0 Å². The summed E-state index contributed by atoms with van der Waals surface area (Å²) in [6.45, 7) is 4.76. The normalized spacial score (nSPS) is 22.3. The van der Waals surface area contributed by atoms with E-state index in [1.165, 1.54) is 25.7 Å². The SMILES string of the molecule is CC(C)C1CCCC(Nc2ccc(OCC#N)cc2)C1. The number of benzene rings is 1. The van der Waals surface area contributed by atoms with Gasteiger partial charge in [-0.1, -0.05) is 26.7 Å². The van der Waals surface area contributed by atoms with Crippen LogP contribution in [0, 0.1) is 23.2 Å². The van der Waals surface area contributed by atoms with Gasteiger partial charge in [0.25, 0.3) is 0 Å². The summed E-state index contributed by atoms with van der Waals surface area (Å²) in [4.78, 5) is 0. The van der Waals surface area contributed by atoms with Crippen molar-refractivity contribution >= 4 is 5.69 Å². The van der Waals surface area contributed by atoms with Crippen LogP contribution >= 0.6 is 0 Å². The van der Waals surface area contributed by atoms with E-state index in [2.05, 4.69) is 19.2 Å². The van der Waals surface area contributed by atoms with Crippen LogP contribution in [0.4, 0.5) is 5.69 Å². The van der Waals surface area contributed by atoms with Gasteiger partial charge < -0.3 is 10.1 Å². The third-order valence-electron chi connectivity index (χ3n) is 4.19. The van der Waals surface area contributed by atoms with Crippen LogP contribution in [-0.2, 0) is 0 Å². The molecule has 1 N–H and O–H groups in total. The molecule has 1 saturated carbocycles. The van der Waals surface area contributed by atoms with Gasteiger partial charge in [0.15, 0.2) is 6.61 Å². The fraction of sp³-hybridized carbons (Fsp3) is 0.588. The minimum Gasteiger partial charge on any atom is -0.479 e. The van der Waals surface area contributed by atoms with Crippen LogP contribution in [0.25, 0.3) is 0 Å². The Hall–Kier alpha value is -1.69. The molecule has 0 amide bonds. The van der Waals surface area contributed by atoms with Gasteiger partial charge in [0.05, 0.1) is 0 Å². The Balaban J connectivity index is 1.88. The van der Waals surface area contributed by atoms with Crippen molar-refractivity contribution in [1.82, 2.24) is 0 Å². The van der Waals surface area contributed by atoms with Crippen molar-refractivity contribution in [1.29, 1.82) is 5.26 Å². The lowest BCUT2D eigenvalue weighted by Gasteiger charge is -2.32. The molecule has 0 spiro atoms. The van der Waals surface area contributed by atoms with Gasteiger partial charge in [-0.25, -0.2) is 0 Å². The molecular weight excluding hydrogens is 248 g/mol. The van der Waals surface area contributed by atoms with E-state index in [-0.39, 0.29) is 6.61 Å². The molecule has 1 aromatic rings. The number of nitrogens with one attached hydrogen (secondary N) is 1. The summed E-state index contributed by atoms with van der Waals surface area (Å²) in [5, 5.41) is 12.1. The minimum absolute atomic E-state index is 0.103. The summed E-state index contributed by atoms with van der Waals surface area (Å²) in [6.07, 6.45) is 5.22. The molecule has 1 aliphatic rings. The second-order valence-corrected chi connectivity index (χ2v) is 5.98. The summed E-state index contributed by atoms with van der Waals surface area (Å²) >= 11 is 0. The van der Waals surface area contributed by atoms with Gasteiger partial charge in [-0.3, -0.25) is 0 Å². The number of nitriles is 1. The summed E-state index contributed by atoms with van der Waals surface area (Å²) in [5.74, 6) is 2.38. The quantitative estimate of drug-likeness (QED) is 0.873. The summed E-state index contributed by atoms with van der Waals surface area (Å²) in [5.41, 5.74) is 1.14. The molecule has 3 heteroatoms. The molecule has 2 unspecified atom stereocenters. The van der Waals surface area contributed by atoms with Gasteiger partial charge >= 0.3 is 0 Å². The van der Waals surface area contributed by atoms with Crippen molar-refractivity contribution in [2.24, 2.45) is 11.8 Å². The number of anilines is 1. The van der Waals surface area contributed by atoms with Gasteiger partial charge in [-0.05, 0) is 48.9 Å². The zero-order chi connectivity index (χ0) is 14.4. The first-order valence-electron chi connectivity index (χ1n) is 7.55. The lowest BCUT2D eigenvalue weighted by Crippen LogP contribution is -2.29. The number of nitrogens with zero attached hydrogens (tertiary/aromatic N) is 1. The van der Waals surface area contributed by atoms with Gasteiger partial charge in [-0.15, -0.1) is 0 Å². The average molecular weight is 272 g/mol. The highest BCUT2D eigenvalue weighted by molar-refractivity contribution is 5.47. The summed E-state index contributed by atoms with van der Waals surface area (Å²) < 4.78 is 5.26. The highest BCUT2D eigenvalue weighted by atomic mass is 16.5. The Morgan fingerprint density at radius 3 is 2.70 bits per heavy atom. The van der Waals surface area contributed by atoms with Crippen LogP contribution < -0.4 is 10.1 Å². The predicted octanol–water partition coefficient (Wildman–Crippen LogP) is 4.22. The molecule has 0 bridgehead atoms. The first-order chi connectivity index (χ1) is 9.69. The Morgan fingerprint density at radius 1 is 1.30 bits per heavy atom. The Bertz CT molecular complexity index is 447. The third kappa shape index (κ3) is 4.16. The van der Waals surface area contributed by atoms with Crippen LogP contribution in [0.15, 0.2) is 24.3 Å². The number of ether oxygens (including phenoxy) is 1. The van der Waals surface area contributed by atoms with E-state index >= 15 is 0 Å². The Labute approximate surface area is 121 Å². The van der Waals surface area contributed by atoms with E-state index < -0.39 is 0 Å². The molecule has 2 atom stereocenters. The molecular formula is C17H24N2O. The second kappa shape index (κ2) is 7.19. The van der Waals surface area contributed by atoms with Gasteiger partial charge in [-0.2, -0.15) is 5.26 Å². The zero-order valence-electron chi connectivity index (χ0n) is 12.4. The van der Waals surface area contributed by atoms with E-state index in [1.54, 1.807) is 0 Å². The van der Waals surface area contributed by atoms with E-state index in [1.807, 2.05) is 30.3 Å². The maximum absolute atomic E-state index is 8.48. The van der Waals surface area contributed by atoms with Crippen molar-refractivity contribution in [3.63, 3.8) is 0 Å². The van der Waals surface area contributed by atoms with E-state index in [9.17, 15) is 0 Å². The molecule has 3 nitrogen and oxygen atoms in total. The van der Waals surface area contributed by atoms with Crippen LogP contribution in [0.1, 0.15) is 39.5 Å². The monoisotopic (exact) mass is 272 g/mol. The fourth-order valence-electron chi connectivity index (χ4n) is 2.96. The number of rotatable bonds is 5. The van der Waals surface area contributed by atoms with Crippen LogP contribution in [0.2, 0.25) is 0 Å². The Kier molecular flexibility index (Phi) is 5.29. The fourth-order valence-corrected chi connectivity index (χ4v) is 2.96. The molecule has 108 valence electrons. The highest BCUT2D eigenvalue weighted by Crippen LogP contribution is 2.31. The van der Waals surface area contributed by atoms with Crippen molar-refractivity contribution < 1.29 is 4.74 Å². The lowest BCUT2D eigenvalue weighted by atomic mass is 9.79. The van der Waals surface area contributed by atoms with Crippen molar-refractivity contribution in [3.05, 3.63) is 24.3 Å². The maximum Gasteiger partial charge on any atom is 0.174 e. The smallest absolute Gasteiger partial charge is 0.174 e. The first-order valence-corrected chi connectivity index (χ1v) is 7.55. The minimum atomic E-state index is 0.103. The van der Waals surface area contributed by atoms with E-state index in [4.69, 9.17) is 10.00 Å². The molecule has 0 saturated heterocycles. The van der Waals surface area contributed by atoms with Crippen molar-refractivity contribution in [3.8, 4) is 11.8 Å². The van der Waals surface area contributed by atoms with E-state index in [0.717, 1.165) is 23.3 Å². The van der Waals surface area contributed by atoms with Crippen molar-refractivity contribution in [2.75, 3.05) is 11.9 Å². The van der Waals surface area contributed by atoms with Gasteiger partial charge in [0.2, 0.25) is 0 Å². The standard InChI is InChI=1S/C17H24N2O/c1-13(2)14-4-3-5-16(12-14)19-15-6-8-17(9-7-15)20-11-10-18/h6-9,13-14,16,19H,3-5,11-12H2,1-2H3. The summed E-state index contributed by atoms with van der Waals surface area (Å²) in [7, 11) is 0. The molecule has 0 aromatic heterocycles. The lowest BCUT2D eigenvalue weighted by molar-refractivity contribution is 0.264. The second-order valence-electron chi connectivity index (χ2n) is 5.98. The first kappa shape index (κ1) is 14.7. The molecule has 1 fully saturated rings. The molecule has 0 heterocycles. The average Bonchev–Trinajstić information content (AvgIpc) is 2.47. The van der Waals surface area contributed by atoms with Gasteiger partial charge in [0, 0.05) is 11.7 Å². The highest BCUT2D eigenvalue weighted by Gasteiger charge is 2.23. The molecule has 1 aromatic carbocycles. The topological polar surface area (TPSA) is 45.0 Å². The molecule has 1 aliphatic carbocycles. The maximum atomic E-state index is 8.48. The molecule has 0 radical (unpaired) electrons. The number of hydrogen-bond acceptors (Lipinski definition) is 3.